The lowest BCUT2D eigenvalue weighted by Crippen LogP contribution is -2.24. The lowest BCUT2D eigenvalue weighted by molar-refractivity contribution is -0.0233. The number of nitrogens with zero attached hydrogens (tertiary/aromatic N) is 2. The van der Waals surface area contributed by atoms with E-state index in [1.165, 1.54) is 11.6 Å². The van der Waals surface area contributed by atoms with E-state index in [1.54, 1.807) is 13.0 Å². The summed E-state index contributed by atoms with van der Waals surface area (Å²) in [6, 6.07) is 1.58. The van der Waals surface area contributed by atoms with Gasteiger partial charge in [-0.2, -0.15) is 5.10 Å². The quantitative estimate of drug-likeness (QED) is 0.788. The van der Waals surface area contributed by atoms with Gasteiger partial charge in [0.2, 0.25) is 0 Å². The highest BCUT2D eigenvalue weighted by Crippen LogP contribution is 2.21. The summed E-state index contributed by atoms with van der Waals surface area (Å²) < 4.78 is 27.1. The fourth-order valence-electron chi connectivity index (χ4n) is 1.03. The molecule has 0 saturated carbocycles. The number of alkyl halides is 2. The minimum absolute atomic E-state index is 0.188. The molecule has 0 spiro atoms. The van der Waals surface area contributed by atoms with Crippen molar-refractivity contribution in [2.45, 2.75) is 32.7 Å². The zero-order valence-electron chi connectivity index (χ0n) is 7.72. The monoisotopic (exact) mass is 189 g/mol. The fraction of sp³-hybridized carbons (Fsp3) is 0.625. The van der Waals surface area contributed by atoms with E-state index in [2.05, 4.69) is 5.10 Å². The molecule has 0 aliphatic heterocycles. The molecule has 2 N–H and O–H groups in total. The van der Waals surface area contributed by atoms with E-state index in [1.807, 2.05) is 0 Å². The van der Waals surface area contributed by atoms with Crippen molar-refractivity contribution in [2.75, 3.05) is 5.73 Å². The third kappa shape index (κ3) is 2.40. The van der Waals surface area contributed by atoms with Crippen molar-refractivity contribution in [1.29, 1.82) is 0 Å². The maximum absolute atomic E-state index is 12.9. The van der Waals surface area contributed by atoms with Gasteiger partial charge in [0.1, 0.15) is 12.4 Å². The molecular weight excluding hydrogens is 176 g/mol. The van der Waals surface area contributed by atoms with Gasteiger partial charge in [-0.1, -0.05) is 6.92 Å². The number of hydrogen-bond acceptors (Lipinski definition) is 2. The molecule has 0 unspecified atom stereocenters. The highest BCUT2D eigenvalue weighted by atomic mass is 19.3. The van der Waals surface area contributed by atoms with Gasteiger partial charge in [-0.15, -0.1) is 0 Å². The molecule has 3 nitrogen and oxygen atoms in total. The molecule has 0 aliphatic rings. The number of nitrogen functional groups attached to an aromatic ring is 1. The summed E-state index contributed by atoms with van der Waals surface area (Å²) in [7, 11) is 0. The molecule has 1 aromatic rings. The van der Waals surface area contributed by atoms with E-state index in [0.717, 1.165) is 0 Å². The van der Waals surface area contributed by atoms with E-state index in [4.69, 9.17) is 5.73 Å². The van der Waals surface area contributed by atoms with Gasteiger partial charge in [-0.3, -0.25) is 4.68 Å². The molecule has 5 heteroatoms. The van der Waals surface area contributed by atoms with Crippen LogP contribution in [0.1, 0.15) is 19.0 Å². The van der Waals surface area contributed by atoms with Crippen molar-refractivity contribution in [1.82, 2.24) is 9.78 Å². The molecule has 13 heavy (non-hydrogen) atoms. The van der Waals surface area contributed by atoms with Gasteiger partial charge < -0.3 is 5.73 Å². The molecule has 0 fully saturated rings. The second-order valence-corrected chi connectivity index (χ2v) is 3.08. The van der Waals surface area contributed by atoms with Gasteiger partial charge in [-0.05, 0) is 6.92 Å². The predicted octanol–water partition coefficient (Wildman–Crippen LogP) is 1.82. The number of anilines is 1. The first-order valence-electron chi connectivity index (χ1n) is 4.12. The summed E-state index contributed by atoms with van der Waals surface area (Å²) in [6.45, 7) is 2.75. The molecule has 1 heterocycles. The van der Waals surface area contributed by atoms with E-state index >= 15 is 0 Å². The van der Waals surface area contributed by atoms with Gasteiger partial charge >= 0.3 is 0 Å². The SMILES string of the molecule is CCC(F)(F)Cn1nc(N)cc1C. The van der Waals surface area contributed by atoms with Crippen molar-refractivity contribution in [2.24, 2.45) is 0 Å². The van der Waals surface area contributed by atoms with Crippen LogP contribution in [0.2, 0.25) is 0 Å². The molecule has 0 aromatic carbocycles. The Hall–Kier alpha value is -1.13. The molecule has 0 aliphatic carbocycles. The molecule has 0 saturated heterocycles. The molecule has 0 radical (unpaired) electrons. The van der Waals surface area contributed by atoms with Gasteiger partial charge in [0.05, 0.1) is 0 Å². The van der Waals surface area contributed by atoms with Gasteiger partial charge in [0, 0.05) is 18.2 Å². The Morgan fingerprint density at radius 1 is 1.62 bits per heavy atom. The van der Waals surface area contributed by atoms with Crippen LogP contribution in [-0.2, 0) is 6.54 Å². The van der Waals surface area contributed by atoms with Crippen LogP contribution in [-0.4, -0.2) is 15.7 Å². The number of nitrogens with two attached hydrogens (primary N) is 1. The van der Waals surface area contributed by atoms with Crippen LogP contribution < -0.4 is 5.73 Å². The Kier molecular flexibility index (Phi) is 2.54. The first-order chi connectivity index (χ1) is 5.94. The summed E-state index contributed by atoms with van der Waals surface area (Å²) in [6.07, 6.45) is -0.188. The van der Waals surface area contributed by atoms with Crippen molar-refractivity contribution < 1.29 is 8.78 Å². The Balaban J connectivity index is 2.79. The fourth-order valence-corrected chi connectivity index (χ4v) is 1.03. The first-order valence-corrected chi connectivity index (χ1v) is 4.12. The summed E-state index contributed by atoms with van der Waals surface area (Å²) in [4.78, 5) is 0. The summed E-state index contributed by atoms with van der Waals surface area (Å²) in [5.74, 6) is -2.42. The van der Waals surface area contributed by atoms with Crippen LogP contribution in [0.25, 0.3) is 0 Å². The smallest absolute Gasteiger partial charge is 0.267 e. The number of rotatable bonds is 3. The van der Waals surface area contributed by atoms with E-state index in [9.17, 15) is 8.78 Å². The highest BCUT2D eigenvalue weighted by molar-refractivity contribution is 5.28. The summed E-state index contributed by atoms with van der Waals surface area (Å²) >= 11 is 0. The molecular formula is C8H13F2N3. The van der Waals surface area contributed by atoms with E-state index in [-0.39, 0.29) is 12.2 Å². The first kappa shape index (κ1) is 9.95. The maximum Gasteiger partial charge on any atom is 0.267 e. The lowest BCUT2D eigenvalue weighted by atomic mass is 10.2. The summed E-state index contributed by atoms with van der Waals surface area (Å²) in [5, 5.41) is 3.76. The maximum atomic E-state index is 12.9. The number of aromatic nitrogens is 2. The van der Waals surface area contributed by atoms with E-state index in [0.29, 0.717) is 5.69 Å². The van der Waals surface area contributed by atoms with Crippen LogP contribution >= 0.6 is 0 Å². The van der Waals surface area contributed by atoms with Crippen LogP contribution in [0, 0.1) is 6.92 Å². The third-order valence-electron chi connectivity index (χ3n) is 1.90. The highest BCUT2D eigenvalue weighted by Gasteiger charge is 2.27. The van der Waals surface area contributed by atoms with Crippen LogP contribution in [0.3, 0.4) is 0 Å². The predicted molar refractivity (Wildman–Crippen MR) is 46.6 cm³/mol. The Labute approximate surface area is 75.5 Å². The normalized spacial score (nSPS) is 12.0. The average molecular weight is 189 g/mol. The number of aryl methyl sites for hydroxylation is 1. The second kappa shape index (κ2) is 3.32. The van der Waals surface area contributed by atoms with Crippen molar-refractivity contribution >= 4 is 5.82 Å². The van der Waals surface area contributed by atoms with Crippen molar-refractivity contribution in [3.8, 4) is 0 Å². The molecule has 0 atom stereocenters. The minimum Gasteiger partial charge on any atom is -0.382 e. The molecule has 0 amide bonds. The average Bonchev–Trinajstić information content (AvgIpc) is 2.30. The van der Waals surface area contributed by atoms with Crippen LogP contribution in [0.15, 0.2) is 6.07 Å². The minimum atomic E-state index is -2.71. The third-order valence-corrected chi connectivity index (χ3v) is 1.90. The Morgan fingerprint density at radius 3 is 2.62 bits per heavy atom. The topological polar surface area (TPSA) is 43.8 Å². The summed E-state index contributed by atoms with van der Waals surface area (Å²) in [5.41, 5.74) is 6.02. The van der Waals surface area contributed by atoms with Gasteiger partial charge in [-0.25, -0.2) is 8.78 Å². The number of halogens is 2. The zero-order valence-corrected chi connectivity index (χ0v) is 7.72. The molecule has 74 valence electrons. The zero-order chi connectivity index (χ0) is 10.1. The Bertz CT molecular complexity index is 294. The standard InChI is InChI=1S/C8H13F2N3/c1-3-8(9,10)5-13-6(2)4-7(11)12-13/h4H,3,5H2,1-2H3,(H2,11,12). The molecule has 1 rings (SSSR count). The number of hydrogen-bond donors (Lipinski definition) is 1. The van der Waals surface area contributed by atoms with E-state index < -0.39 is 12.5 Å². The Morgan fingerprint density at radius 2 is 2.23 bits per heavy atom. The second-order valence-electron chi connectivity index (χ2n) is 3.08. The lowest BCUT2D eigenvalue weighted by Gasteiger charge is -2.14. The molecule has 1 aromatic heterocycles. The van der Waals surface area contributed by atoms with Crippen molar-refractivity contribution in [3.05, 3.63) is 11.8 Å². The molecule has 0 bridgehead atoms. The van der Waals surface area contributed by atoms with Gasteiger partial charge in [0.25, 0.3) is 5.92 Å². The van der Waals surface area contributed by atoms with Crippen LogP contribution in [0.4, 0.5) is 14.6 Å². The van der Waals surface area contributed by atoms with Crippen molar-refractivity contribution in [3.63, 3.8) is 0 Å². The van der Waals surface area contributed by atoms with Crippen LogP contribution in [0.5, 0.6) is 0 Å². The van der Waals surface area contributed by atoms with Gasteiger partial charge in [0.15, 0.2) is 0 Å². The largest absolute Gasteiger partial charge is 0.382 e.